The molecular weight excluding hydrogens is 348 g/mol. The molecule has 8 heteroatoms. The fraction of sp³-hybridized carbons (Fsp3) is 0.375. The lowest BCUT2D eigenvalue weighted by atomic mass is 9.94. The van der Waals surface area contributed by atoms with Gasteiger partial charge in [-0.15, -0.1) is 12.4 Å². The summed E-state index contributed by atoms with van der Waals surface area (Å²) >= 11 is 0. The molecule has 0 unspecified atom stereocenters. The predicted octanol–water partition coefficient (Wildman–Crippen LogP) is 2.17. The third kappa shape index (κ3) is 4.73. The van der Waals surface area contributed by atoms with Crippen LogP contribution in [0.15, 0.2) is 47.6 Å². The predicted molar refractivity (Wildman–Crippen MR) is 97.4 cm³/mol. The van der Waals surface area contributed by atoms with Gasteiger partial charge in [0.1, 0.15) is 4.90 Å². The van der Waals surface area contributed by atoms with Gasteiger partial charge in [-0.1, -0.05) is 44.2 Å². The number of rotatable bonds is 6. The standard InChI is InChI=1S/C16H22N4O2S.ClH/c1-16(2,11-17)12-20(3)23(21,22)14-9-18-15(19-10-14)13-7-5-4-6-8-13;/h4-10H,11-12,17H2,1-3H3;1H. The molecular formula is C16H23ClN4O2S. The van der Waals surface area contributed by atoms with E-state index in [9.17, 15) is 8.42 Å². The van der Waals surface area contributed by atoms with Crippen molar-refractivity contribution in [2.75, 3.05) is 20.1 Å². The van der Waals surface area contributed by atoms with Crippen LogP contribution in [0, 0.1) is 5.41 Å². The zero-order chi connectivity index (χ0) is 17.1. The fourth-order valence-corrected chi connectivity index (χ4v) is 3.37. The lowest BCUT2D eigenvalue weighted by Gasteiger charge is -2.28. The minimum atomic E-state index is -3.63. The Hall–Kier alpha value is -1.54. The summed E-state index contributed by atoms with van der Waals surface area (Å²) in [7, 11) is -2.09. The zero-order valence-electron chi connectivity index (χ0n) is 14.0. The van der Waals surface area contributed by atoms with Crippen molar-refractivity contribution in [1.82, 2.24) is 14.3 Å². The number of sulfonamides is 1. The highest BCUT2D eigenvalue weighted by atomic mass is 35.5. The van der Waals surface area contributed by atoms with Gasteiger partial charge in [0.25, 0.3) is 0 Å². The van der Waals surface area contributed by atoms with Crippen LogP contribution in [0.25, 0.3) is 11.4 Å². The molecule has 0 fully saturated rings. The Kier molecular flexibility index (Phi) is 6.86. The molecule has 2 N–H and O–H groups in total. The maximum Gasteiger partial charge on any atom is 0.245 e. The number of hydrogen-bond donors (Lipinski definition) is 1. The van der Waals surface area contributed by atoms with Crippen molar-refractivity contribution < 1.29 is 8.42 Å². The number of halogens is 1. The number of nitrogens with zero attached hydrogens (tertiary/aromatic N) is 3. The minimum Gasteiger partial charge on any atom is -0.330 e. The van der Waals surface area contributed by atoms with Crippen LogP contribution in [0.4, 0.5) is 0 Å². The van der Waals surface area contributed by atoms with Crippen molar-refractivity contribution in [3.63, 3.8) is 0 Å². The first-order valence-corrected chi connectivity index (χ1v) is 8.74. The highest BCUT2D eigenvalue weighted by molar-refractivity contribution is 7.89. The van der Waals surface area contributed by atoms with Gasteiger partial charge >= 0.3 is 0 Å². The van der Waals surface area contributed by atoms with Gasteiger partial charge in [-0.05, 0) is 12.0 Å². The smallest absolute Gasteiger partial charge is 0.245 e. The van der Waals surface area contributed by atoms with E-state index in [-0.39, 0.29) is 22.7 Å². The van der Waals surface area contributed by atoms with Gasteiger partial charge < -0.3 is 5.73 Å². The fourth-order valence-electron chi connectivity index (χ4n) is 2.12. The Bertz CT molecular complexity index is 749. The normalized spacial score (nSPS) is 12.0. The molecule has 24 heavy (non-hydrogen) atoms. The Labute approximate surface area is 149 Å². The van der Waals surface area contributed by atoms with Gasteiger partial charge in [-0.2, -0.15) is 0 Å². The van der Waals surface area contributed by atoms with E-state index in [4.69, 9.17) is 5.73 Å². The molecule has 0 saturated heterocycles. The molecule has 2 rings (SSSR count). The molecule has 1 heterocycles. The molecule has 132 valence electrons. The summed E-state index contributed by atoms with van der Waals surface area (Å²) < 4.78 is 26.4. The van der Waals surface area contributed by atoms with Crippen molar-refractivity contribution in [2.45, 2.75) is 18.7 Å². The Balaban J connectivity index is 0.00000288. The second kappa shape index (κ2) is 8.02. The molecule has 0 aliphatic rings. The summed E-state index contributed by atoms with van der Waals surface area (Å²) in [6, 6.07) is 9.41. The van der Waals surface area contributed by atoms with Crippen LogP contribution in [0.2, 0.25) is 0 Å². The maximum atomic E-state index is 12.6. The van der Waals surface area contributed by atoms with Crippen LogP contribution in [0.5, 0.6) is 0 Å². The van der Waals surface area contributed by atoms with E-state index in [2.05, 4.69) is 9.97 Å². The van der Waals surface area contributed by atoms with Crippen molar-refractivity contribution in [3.8, 4) is 11.4 Å². The first-order valence-electron chi connectivity index (χ1n) is 7.30. The molecule has 0 radical (unpaired) electrons. The molecule has 0 bridgehead atoms. The van der Waals surface area contributed by atoms with E-state index in [0.29, 0.717) is 18.9 Å². The second-order valence-electron chi connectivity index (χ2n) is 6.24. The van der Waals surface area contributed by atoms with E-state index in [0.717, 1.165) is 5.56 Å². The number of hydrogen-bond acceptors (Lipinski definition) is 5. The summed E-state index contributed by atoms with van der Waals surface area (Å²) in [5.41, 5.74) is 6.22. The van der Waals surface area contributed by atoms with E-state index < -0.39 is 10.0 Å². The van der Waals surface area contributed by atoms with Crippen LogP contribution in [0.1, 0.15) is 13.8 Å². The molecule has 0 saturated carbocycles. The van der Waals surface area contributed by atoms with Crippen LogP contribution in [0.3, 0.4) is 0 Å². The molecule has 6 nitrogen and oxygen atoms in total. The third-order valence-electron chi connectivity index (χ3n) is 3.57. The van der Waals surface area contributed by atoms with Crippen LogP contribution in [-0.2, 0) is 10.0 Å². The first-order chi connectivity index (χ1) is 10.8. The van der Waals surface area contributed by atoms with Gasteiger partial charge in [-0.3, -0.25) is 0 Å². The van der Waals surface area contributed by atoms with Gasteiger partial charge in [0, 0.05) is 19.2 Å². The highest BCUT2D eigenvalue weighted by Gasteiger charge is 2.27. The number of nitrogens with two attached hydrogens (primary N) is 1. The molecule has 2 aromatic rings. The summed E-state index contributed by atoms with van der Waals surface area (Å²) in [6.07, 6.45) is 2.69. The summed E-state index contributed by atoms with van der Waals surface area (Å²) in [4.78, 5) is 8.42. The summed E-state index contributed by atoms with van der Waals surface area (Å²) in [6.45, 7) is 4.57. The van der Waals surface area contributed by atoms with E-state index in [1.54, 1.807) is 0 Å². The molecule has 0 atom stereocenters. The van der Waals surface area contributed by atoms with Crippen molar-refractivity contribution in [1.29, 1.82) is 0 Å². The molecule has 0 spiro atoms. The largest absolute Gasteiger partial charge is 0.330 e. The average molecular weight is 371 g/mol. The van der Waals surface area contributed by atoms with Crippen LogP contribution in [-0.4, -0.2) is 42.8 Å². The maximum absolute atomic E-state index is 12.6. The molecule has 1 aromatic carbocycles. The topological polar surface area (TPSA) is 89.2 Å². The first kappa shape index (κ1) is 20.5. The van der Waals surface area contributed by atoms with E-state index in [1.807, 2.05) is 44.2 Å². The quantitative estimate of drug-likeness (QED) is 0.841. The SMILES string of the molecule is CN(CC(C)(C)CN)S(=O)(=O)c1cnc(-c2ccccc2)nc1.Cl. The van der Waals surface area contributed by atoms with Gasteiger partial charge in [0.05, 0.1) is 12.4 Å². The van der Waals surface area contributed by atoms with E-state index in [1.165, 1.54) is 23.7 Å². The van der Waals surface area contributed by atoms with Gasteiger partial charge in [-0.25, -0.2) is 22.7 Å². The summed E-state index contributed by atoms with van der Waals surface area (Å²) in [5, 5.41) is 0. The lowest BCUT2D eigenvalue weighted by molar-refractivity contribution is 0.292. The van der Waals surface area contributed by atoms with Crippen molar-refractivity contribution in [2.24, 2.45) is 11.1 Å². The second-order valence-corrected chi connectivity index (χ2v) is 8.28. The van der Waals surface area contributed by atoms with Crippen LogP contribution < -0.4 is 5.73 Å². The Morgan fingerprint density at radius 1 is 1.12 bits per heavy atom. The van der Waals surface area contributed by atoms with Gasteiger partial charge in [0.15, 0.2) is 5.82 Å². The molecule has 0 aliphatic carbocycles. The monoisotopic (exact) mass is 370 g/mol. The highest BCUT2D eigenvalue weighted by Crippen LogP contribution is 2.21. The Morgan fingerprint density at radius 2 is 1.67 bits per heavy atom. The zero-order valence-corrected chi connectivity index (χ0v) is 15.6. The van der Waals surface area contributed by atoms with Crippen LogP contribution >= 0.6 is 12.4 Å². The lowest BCUT2D eigenvalue weighted by Crippen LogP contribution is -2.39. The molecule has 0 aliphatic heterocycles. The third-order valence-corrected chi connectivity index (χ3v) is 5.33. The Morgan fingerprint density at radius 3 is 2.17 bits per heavy atom. The van der Waals surface area contributed by atoms with Crippen molar-refractivity contribution >= 4 is 22.4 Å². The minimum absolute atomic E-state index is 0. The number of benzene rings is 1. The van der Waals surface area contributed by atoms with E-state index >= 15 is 0 Å². The summed E-state index contributed by atoms with van der Waals surface area (Å²) in [5.74, 6) is 0.495. The van der Waals surface area contributed by atoms with Gasteiger partial charge in [0.2, 0.25) is 10.0 Å². The molecule has 0 amide bonds. The van der Waals surface area contributed by atoms with Crippen molar-refractivity contribution in [3.05, 3.63) is 42.7 Å². The average Bonchev–Trinajstić information content (AvgIpc) is 2.55. The molecule has 1 aromatic heterocycles. The number of aromatic nitrogens is 2.